The molecular formula is C13H18BrO2. The molecule has 0 aliphatic carbocycles. The Labute approximate surface area is 106 Å². The molecule has 0 aliphatic heterocycles. The van der Waals surface area contributed by atoms with Crippen LogP contribution in [0.3, 0.4) is 0 Å². The molecule has 1 rings (SSSR count). The number of hydrogen-bond acceptors (Lipinski definition) is 2. The Morgan fingerprint density at radius 3 is 2.88 bits per heavy atom. The number of ether oxygens (including phenoxy) is 2. The summed E-state index contributed by atoms with van der Waals surface area (Å²) in [7, 11) is 1.62. The molecule has 0 unspecified atom stereocenters. The van der Waals surface area contributed by atoms with E-state index in [1.54, 1.807) is 7.11 Å². The molecule has 0 spiro atoms. The van der Waals surface area contributed by atoms with Gasteiger partial charge in [0.15, 0.2) is 6.79 Å². The Bertz CT molecular complexity index is 313. The molecule has 16 heavy (non-hydrogen) atoms. The van der Waals surface area contributed by atoms with Crippen molar-refractivity contribution in [3.63, 3.8) is 0 Å². The fraction of sp³-hybridized carbons (Fsp3) is 0.462. The van der Waals surface area contributed by atoms with Gasteiger partial charge >= 0.3 is 0 Å². The third-order valence-corrected chi connectivity index (χ3v) is 2.72. The van der Waals surface area contributed by atoms with Crippen molar-refractivity contribution in [2.75, 3.05) is 13.9 Å². The van der Waals surface area contributed by atoms with Gasteiger partial charge in [0.05, 0.1) is 0 Å². The van der Waals surface area contributed by atoms with E-state index < -0.39 is 0 Å². The summed E-state index contributed by atoms with van der Waals surface area (Å²) in [6.45, 7) is 2.48. The van der Waals surface area contributed by atoms with Crippen LogP contribution in [0.4, 0.5) is 0 Å². The van der Waals surface area contributed by atoms with Crippen molar-refractivity contribution in [3.05, 3.63) is 34.7 Å². The lowest BCUT2D eigenvalue weighted by molar-refractivity contribution is 0.0507. The summed E-state index contributed by atoms with van der Waals surface area (Å²) >= 11 is 3.47. The molecule has 0 atom stereocenters. The second-order valence-electron chi connectivity index (χ2n) is 3.58. The van der Waals surface area contributed by atoms with E-state index in [4.69, 9.17) is 9.47 Å². The van der Waals surface area contributed by atoms with E-state index in [2.05, 4.69) is 35.3 Å². The molecule has 0 aromatic heterocycles. The third kappa shape index (κ3) is 4.54. The van der Waals surface area contributed by atoms with Crippen LogP contribution >= 0.6 is 15.9 Å². The van der Waals surface area contributed by atoms with Gasteiger partial charge in [0.25, 0.3) is 0 Å². The fourth-order valence-electron chi connectivity index (χ4n) is 1.39. The highest BCUT2D eigenvalue weighted by molar-refractivity contribution is 9.10. The highest BCUT2D eigenvalue weighted by atomic mass is 79.9. The summed E-state index contributed by atoms with van der Waals surface area (Å²) < 4.78 is 11.5. The number of unbranched alkanes of at least 4 members (excludes halogenated alkanes) is 2. The van der Waals surface area contributed by atoms with Crippen molar-refractivity contribution < 1.29 is 9.47 Å². The van der Waals surface area contributed by atoms with Gasteiger partial charge in [-0.2, -0.15) is 0 Å². The van der Waals surface area contributed by atoms with Gasteiger partial charge < -0.3 is 9.47 Å². The van der Waals surface area contributed by atoms with E-state index in [9.17, 15) is 0 Å². The first kappa shape index (κ1) is 13.5. The lowest BCUT2D eigenvalue weighted by atomic mass is 10.1. The summed E-state index contributed by atoms with van der Waals surface area (Å²) in [6, 6.07) is 6.00. The Morgan fingerprint density at radius 1 is 1.38 bits per heavy atom. The summed E-state index contributed by atoms with van der Waals surface area (Å²) in [5.41, 5.74) is 1.12. The van der Waals surface area contributed by atoms with Crippen LogP contribution in [0.15, 0.2) is 22.7 Å². The first-order chi connectivity index (χ1) is 7.77. The van der Waals surface area contributed by atoms with Crippen LogP contribution in [-0.2, 0) is 4.74 Å². The minimum Gasteiger partial charge on any atom is -0.467 e. The van der Waals surface area contributed by atoms with Crippen LogP contribution < -0.4 is 4.74 Å². The molecule has 0 amide bonds. The van der Waals surface area contributed by atoms with Crippen LogP contribution in [0.25, 0.3) is 0 Å². The first-order valence-corrected chi connectivity index (χ1v) is 6.31. The van der Waals surface area contributed by atoms with E-state index in [-0.39, 0.29) is 6.79 Å². The van der Waals surface area contributed by atoms with Gasteiger partial charge in [-0.1, -0.05) is 35.7 Å². The maximum absolute atomic E-state index is 5.50. The first-order valence-electron chi connectivity index (χ1n) is 5.52. The maximum atomic E-state index is 5.50. The molecular weight excluding hydrogens is 268 g/mol. The molecule has 0 heterocycles. The predicted octanol–water partition coefficient (Wildman–Crippen LogP) is 4.17. The second kappa shape index (κ2) is 7.69. The lowest BCUT2D eigenvalue weighted by Gasteiger charge is -2.10. The zero-order chi connectivity index (χ0) is 11.8. The minimum atomic E-state index is 0.288. The molecule has 0 saturated carbocycles. The van der Waals surface area contributed by atoms with E-state index >= 15 is 0 Å². The van der Waals surface area contributed by atoms with E-state index in [1.807, 2.05) is 12.1 Å². The topological polar surface area (TPSA) is 18.5 Å². The normalized spacial score (nSPS) is 10.4. The highest BCUT2D eigenvalue weighted by Crippen LogP contribution is 2.26. The molecule has 0 N–H and O–H groups in total. The van der Waals surface area contributed by atoms with Crippen molar-refractivity contribution in [1.82, 2.24) is 0 Å². The van der Waals surface area contributed by atoms with Gasteiger partial charge in [-0.15, -0.1) is 0 Å². The zero-order valence-electron chi connectivity index (χ0n) is 9.83. The van der Waals surface area contributed by atoms with Crippen LogP contribution in [0, 0.1) is 6.42 Å². The predicted molar refractivity (Wildman–Crippen MR) is 69.6 cm³/mol. The highest BCUT2D eigenvalue weighted by Gasteiger charge is 2.04. The number of benzene rings is 1. The SMILES string of the molecule is CCCC[CH]c1cc(Br)ccc1OCOC. The van der Waals surface area contributed by atoms with Gasteiger partial charge in [0, 0.05) is 11.6 Å². The van der Waals surface area contributed by atoms with Crippen molar-refractivity contribution in [3.8, 4) is 5.75 Å². The number of hydrogen-bond donors (Lipinski definition) is 0. The molecule has 89 valence electrons. The van der Waals surface area contributed by atoms with Crippen molar-refractivity contribution in [1.29, 1.82) is 0 Å². The Balaban J connectivity index is 2.65. The molecule has 1 radical (unpaired) electrons. The summed E-state index contributed by atoms with van der Waals surface area (Å²) in [5, 5.41) is 0. The second-order valence-corrected chi connectivity index (χ2v) is 4.50. The van der Waals surface area contributed by atoms with Crippen LogP contribution in [-0.4, -0.2) is 13.9 Å². The van der Waals surface area contributed by atoms with E-state index in [1.165, 1.54) is 12.8 Å². The Hall–Kier alpha value is -0.540. The quantitative estimate of drug-likeness (QED) is 0.553. The molecule has 1 aromatic carbocycles. The third-order valence-electron chi connectivity index (χ3n) is 2.23. The van der Waals surface area contributed by atoms with Gasteiger partial charge in [-0.05, 0) is 36.6 Å². The van der Waals surface area contributed by atoms with Crippen LogP contribution in [0.5, 0.6) is 5.75 Å². The Morgan fingerprint density at radius 2 is 2.19 bits per heavy atom. The smallest absolute Gasteiger partial charge is 0.188 e. The summed E-state index contributed by atoms with van der Waals surface area (Å²) in [6.07, 6.45) is 5.70. The molecule has 0 bridgehead atoms. The lowest BCUT2D eigenvalue weighted by Crippen LogP contribution is -2.01. The average molecular weight is 286 g/mol. The molecule has 1 aromatic rings. The van der Waals surface area contributed by atoms with E-state index in [0.717, 1.165) is 22.2 Å². The van der Waals surface area contributed by atoms with Crippen molar-refractivity contribution >= 4 is 15.9 Å². The van der Waals surface area contributed by atoms with E-state index in [0.29, 0.717) is 0 Å². The summed E-state index contributed by atoms with van der Waals surface area (Å²) in [5.74, 6) is 0.876. The van der Waals surface area contributed by atoms with Crippen molar-refractivity contribution in [2.24, 2.45) is 0 Å². The monoisotopic (exact) mass is 285 g/mol. The molecule has 3 heteroatoms. The maximum Gasteiger partial charge on any atom is 0.188 e. The Kier molecular flexibility index (Phi) is 6.50. The standard InChI is InChI=1S/C13H18BrO2/c1-3-4-5-6-11-9-12(14)7-8-13(11)16-10-15-2/h6-9H,3-5,10H2,1-2H3. The van der Waals surface area contributed by atoms with Crippen LogP contribution in [0.2, 0.25) is 0 Å². The number of halogens is 1. The largest absolute Gasteiger partial charge is 0.467 e. The van der Waals surface area contributed by atoms with Gasteiger partial charge in [0.1, 0.15) is 5.75 Å². The average Bonchev–Trinajstić information content (AvgIpc) is 2.28. The van der Waals surface area contributed by atoms with Crippen molar-refractivity contribution in [2.45, 2.75) is 26.2 Å². The summed E-state index contributed by atoms with van der Waals surface area (Å²) in [4.78, 5) is 0. The molecule has 0 fully saturated rings. The molecule has 2 nitrogen and oxygen atoms in total. The minimum absolute atomic E-state index is 0.288. The van der Waals surface area contributed by atoms with Gasteiger partial charge in [-0.3, -0.25) is 0 Å². The fourth-order valence-corrected chi connectivity index (χ4v) is 1.77. The number of rotatable bonds is 7. The molecule has 0 saturated heterocycles. The van der Waals surface area contributed by atoms with Crippen LogP contribution in [0.1, 0.15) is 31.7 Å². The zero-order valence-corrected chi connectivity index (χ0v) is 11.4. The van der Waals surface area contributed by atoms with Gasteiger partial charge in [-0.25, -0.2) is 0 Å². The van der Waals surface area contributed by atoms with Gasteiger partial charge in [0.2, 0.25) is 0 Å². The number of methoxy groups -OCH3 is 1. The molecule has 0 aliphatic rings.